The maximum Gasteiger partial charge on any atom is 0.131 e. The Hall–Kier alpha value is -2.35. The minimum Gasteiger partial charge on any atom is -0.340 e. The summed E-state index contributed by atoms with van der Waals surface area (Å²) in [5.74, 6) is 1.38. The highest BCUT2D eigenvalue weighted by Gasteiger charge is 2.11. The molecule has 0 aliphatic carbocycles. The molecule has 0 aliphatic rings. The number of rotatable bonds is 3. The third kappa shape index (κ3) is 2.69. The molecule has 0 spiro atoms. The van der Waals surface area contributed by atoms with Crippen LogP contribution in [0.15, 0.2) is 48.5 Å². The number of aromatic nitrogens is 1. The Bertz CT molecular complexity index is 819. The Kier molecular flexibility index (Phi) is 3.84. The van der Waals surface area contributed by atoms with Gasteiger partial charge in [-0.3, -0.25) is 0 Å². The predicted molar refractivity (Wildman–Crippen MR) is 95.0 cm³/mol. The van der Waals surface area contributed by atoms with Gasteiger partial charge in [0.1, 0.15) is 5.82 Å². The Morgan fingerprint density at radius 1 is 0.909 bits per heavy atom. The maximum absolute atomic E-state index is 4.84. The monoisotopic (exact) mass is 290 g/mol. The van der Waals surface area contributed by atoms with Gasteiger partial charge in [-0.1, -0.05) is 50.2 Å². The molecule has 0 bridgehead atoms. The minimum atomic E-state index is 0.463. The predicted octanol–water partition coefficient (Wildman–Crippen LogP) is 5.72. The molecule has 22 heavy (non-hydrogen) atoms. The lowest BCUT2D eigenvalue weighted by Gasteiger charge is -2.15. The number of hydrogen-bond donors (Lipinski definition) is 1. The number of nitrogens with one attached hydrogen (secondary N) is 1. The first-order valence-electron chi connectivity index (χ1n) is 7.79. The standard InChI is InChI=1S/C20H22N2/c1-13(2)17-12-19(21-18-11-6-5-8-14(18)3)22-20-15(4)9-7-10-16(17)20/h5-13H,1-4H3,(H,21,22). The summed E-state index contributed by atoms with van der Waals surface area (Å²) in [4.78, 5) is 4.84. The second kappa shape index (κ2) is 5.80. The third-order valence-corrected chi connectivity index (χ3v) is 4.10. The van der Waals surface area contributed by atoms with E-state index in [9.17, 15) is 0 Å². The van der Waals surface area contributed by atoms with Crippen molar-refractivity contribution >= 4 is 22.4 Å². The van der Waals surface area contributed by atoms with E-state index in [2.05, 4.69) is 75.5 Å². The van der Waals surface area contributed by atoms with E-state index in [1.807, 2.05) is 6.07 Å². The first kappa shape index (κ1) is 14.6. The fourth-order valence-electron chi connectivity index (χ4n) is 2.81. The molecule has 112 valence electrons. The Morgan fingerprint density at radius 3 is 2.36 bits per heavy atom. The second-order valence-corrected chi connectivity index (χ2v) is 6.16. The summed E-state index contributed by atoms with van der Waals surface area (Å²) in [5, 5.41) is 4.73. The molecule has 0 saturated heterocycles. The molecule has 0 saturated carbocycles. The zero-order chi connectivity index (χ0) is 15.7. The van der Waals surface area contributed by atoms with Gasteiger partial charge in [0.05, 0.1) is 5.52 Å². The normalized spacial score (nSPS) is 11.1. The Balaban J connectivity index is 2.15. The summed E-state index contributed by atoms with van der Waals surface area (Å²) in [7, 11) is 0. The lowest BCUT2D eigenvalue weighted by molar-refractivity contribution is 0.874. The van der Waals surface area contributed by atoms with Crippen molar-refractivity contribution in [2.75, 3.05) is 5.32 Å². The summed E-state index contributed by atoms with van der Waals surface area (Å²) in [5.41, 5.74) is 5.97. The van der Waals surface area contributed by atoms with Gasteiger partial charge in [-0.2, -0.15) is 0 Å². The average Bonchev–Trinajstić information content (AvgIpc) is 2.49. The molecular weight excluding hydrogens is 268 g/mol. The van der Waals surface area contributed by atoms with Gasteiger partial charge in [-0.15, -0.1) is 0 Å². The average molecular weight is 290 g/mol. The molecular formula is C20H22N2. The first-order chi connectivity index (χ1) is 10.6. The van der Waals surface area contributed by atoms with Crippen molar-refractivity contribution in [1.82, 2.24) is 4.98 Å². The van der Waals surface area contributed by atoms with Crippen molar-refractivity contribution in [3.8, 4) is 0 Å². The molecule has 3 rings (SSSR count). The molecule has 2 aromatic carbocycles. The van der Waals surface area contributed by atoms with Crippen LogP contribution in [0.5, 0.6) is 0 Å². The molecule has 2 nitrogen and oxygen atoms in total. The van der Waals surface area contributed by atoms with Gasteiger partial charge >= 0.3 is 0 Å². The van der Waals surface area contributed by atoms with Crippen LogP contribution in [-0.2, 0) is 0 Å². The summed E-state index contributed by atoms with van der Waals surface area (Å²) >= 11 is 0. The van der Waals surface area contributed by atoms with Crippen LogP contribution in [0.25, 0.3) is 10.9 Å². The smallest absolute Gasteiger partial charge is 0.131 e. The van der Waals surface area contributed by atoms with Crippen molar-refractivity contribution in [2.24, 2.45) is 0 Å². The van der Waals surface area contributed by atoms with Crippen LogP contribution in [0, 0.1) is 13.8 Å². The van der Waals surface area contributed by atoms with Gasteiger partial charge in [-0.25, -0.2) is 4.98 Å². The molecule has 0 unspecified atom stereocenters. The van der Waals surface area contributed by atoms with E-state index in [4.69, 9.17) is 4.98 Å². The Labute approximate surface area is 132 Å². The van der Waals surface area contributed by atoms with Crippen molar-refractivity contribution in [1.29, 1.82) is 0 Å². The minimum absolute atomic E-state index is 0.463. The lowest BCUT2D eigenvalue weighted by Crippen LogP contribution is -2.00. The molecule has 0 amide bonds. The van der Waals surface area contributed by atoms with E-state index >= 15 is 0 Å². The molecule has 3 aromatic rings. The summed E-state index contributed by atoms with van der Waals surface area (Å²) < 4.78 is 0. The first-order valence-corrected chi connectivity index (χ1v) is 7.79. The maximum atomic E-state index is 4.84. The van der Waals surface area contributed by atoms with E-state index in [-0.39, 0.29) is 0 Å². The third-order valence-electron chi connectivity index (χ3n) is 4.10. The molecule has 1 N–H and O–H groups in total. The van der Waals surface area contributed by atoms with Crippen molar-refractivity contribution in [3.05, 3.63) is 65.2 Å². The van der Waals surface area contributed by atoms with Crippen molar-refractivity contribution in [2.45, 2.75) is 33.6 Å². The molecule has 0 atom stereocenters. The lowest BCUT2D eigenvalue weighted by atomic mass is 9.97. The largest absolute Gasteiger partial charge is 0.340 e. The number of para-hydroxylation sites is 2. The van der Waals surface area contributed by atoms with Crippen molar-refractivity contribution in [3.63, 3.8) is 0 Å². The number of fused-ring (bicyclic) bond motifs is 1. The van der Waals surface area contributed by atoms with Crippen molar-refractivity contribution < 1.29 is 0 Å². The van der Waals surface area contributed by atoms with E-state index in [0.29, 0.717) is 5.92 Å². The summed E-state index contributed by atoms with van der Waals surface area (Å²) in [6, 6.07) is 16.9. The molecule has 0 radical (unpaired) electrons. The highest BCUT2D eigenvalue weighted by molar-refractivity contribution is 5.87. The number of aryl methyl sites for hydroxylation is 2. The highest BCUT2D eigenvalue weighted by atomic mass is 15.0. The zero-order valence-electron chi connectivity index (χ0n) is 13.6. The zero-order valence-corrected chi connectivity index (χ0v) is 13.6. The number of hydrogen-bond acceptors (Lipinski definition) is 2. The molecule has 1 heterocycles. The van der Waals surface area contributed by atoms with Gasteiger partial charge in [-0.05, 0) is 48.6 Å². The second-order valence-electron chi connectivity index (χ2n) is 6.16. The molecule has 2 heteroatoms. The van der Waals surface area contributed by atoms with Crippen LogP contribution in [-0.4, -0.2) is 4.98 Å². The molecule has 1 aromatic heterocycles. The van der Waals surface area contributed by atoms with E-state index in [1.165, 1.54) is 22.1 Å². The number of benzene rings is 2. The Morgan fingerprint density at radius 2 is 1.64 bits per heavy atom. The SMILES string of the molecule is Cc1ccccc1Nc1cc(C(C)C)c2cccc(C)c2n1. The highest BCUT2D eigenvalue weighted by Crippen LogP contribution is 2.30. The van der Waals surface area contributed by atoms with E-state index < -0.39 is 0 Å². The topological polar surface area (TPSA) is 24.9 Å². The van der Waals surface area contributed by atoms with Crippen LogP contribution < -0.4 is 5.32 Å². The fourth-order valence-corrected chi connectivity index (χ4v) is 2.81. The fraction of sp³-hybridized carbons (Fsp3) is 0.250. The van der Waals surface area contributed by atoms with Gasteiger partial charge < -0.3 is 5.32 Å². The van der Waals surface area contributed by atoms with Gasteiger partial charge in [0.2, 0.25) is 0 Å². The molecule has 0 fully saturated rings. The van der Waals surface area contributed by atoms with Gasteiger partial charge in [0.25, 0.3) is 0 Å². The van der Waals surface area contributed by atoms with E-state index in [0.717, 1.165) is 17.0 Å². The molecule has 0 aliphatic heterocycles. The van der Waals surface area contributed by atoms with Gasteiger partial charge in [0, 0.05) is 11.1 Å². The summed E-state index contributed by atoms with van der Waals surface area (Å²) in [6.45, 7) is 8.69. The van der Waals surface area contributed by atoms with Crippen LogP contribution >= 0.6 is 0 Å². The van der Waals surface area contributed by atoms with Gasteiger partial charge in [0.15, 0.2) is 0 Å². The van der Waals surface area contributed by atoms with E-state index in [1.54, 1.807) is 0 Å². The summed E-state index contributed by atoms with van der Waals surface area (Å²) in [6.07, 6.45) is 0. The van der Waals surface area contributed by atoms with Crippen LogP contribution in [0.3, 0.4) is 0 Å². The number of anilines is 2. The van der Waals surface area contributed by atoms with Crippen LogP contribution in [0.2, 0.25) is 0 Å². The van der Waals surface area contributed by atoms with Crippen LogP contribution in [0.1, 0.15) is 36.5 Å². The van der Waals surface area contributed by atoms with Crippen LogP contribution in [0.4, 0.5) is 11.5 Å². The number of nitrogens with zero attached hydrogens (tertiary/aromatic N) is 1. The quantitative estimate of drug-likeness (QED) is 0.667. The number of pyridine rings is 1.